The van der Waals surface area contributed by atoms with Crippen LogP contribution >= 0.6 is 0 Å². The molecule has 4 heterocycles. The highest BCUT2D eigenvalue weighted by atomic mass is 32.2. The van der Waals surface area contributed by atoms with Gasteiger partial charge in [-0.15, -0.1) is 0 Å². The lowest BCUT2D eigenvalue weighted by Gasteiger charge is -2.29. The van der Waals surface area contributed by atoms with Crippen molar-refractivity contribution >= 4 is 44.7 Å². The third-order valence-corrected chi connectivity index (χ3v) is 12.1. The molecule has 3 aromatic rings. The number of aryl methyl sites for hydroxylation is 1. The molecule has 3 N–H and O–H groups in total. The number of carbonyl (C=O) groups excluding carboxylic acids is 4. The zero-order valence-electron chi connectivity index (χ0n) is 29.2. The second-order valence-corrected chi connectivity index (χ2v) is 16.0. The highest BCUT2D eigenvalue weighted by Crippen LogP contribution is 2.46. The standard InChI is InChI=1S/C36H41FN8O7S/c1-2-25-33(42-29-16-22(37)10-13-26(29)40-25)52-23-17-30-32(47)43-36(35(49)44-53(50,51)24-11-12-24)18-21(36)8-6-4-3-5-7-9-28(34(48)45(30)19-23)41-31(46)27-14-15-38-20-39-27/h6,8,10,13-16,20-21,23-24,28,30H,2-5,7,9,11-12,17-19H2,1H3,(H,41,46)(H,43,47)(H,44,49)/b8-6-. The molecule has 0 radical (unpaired) electrons. The van der Waals surface area contributed by atoms with E-state index in [1.54, 1.807) is 0 Å². The average molecular weight is 749 g/mol. The number of nitrogens with zero attached hydrogens (tertiary/aromatic N) is 5. The number of hydrogen-bond donors (Lipinski definition) is 3. The van der Waals surface area contributed by atoms with Gasteiger partial charge in [0.2, 0.25) is 27.7 Å². The predicted octanol–water partition coefficient (Wildman–Crippen LogP) is 2.27. The quantitative estimate of drug-likeness (QED) is 0.285. The van der Waals surface area contributed by atoms with E-state index < -0.39 is 74.4 Å². The second-order valence-electron chi connectivity index (χ2n) is 14.1. The van der Waals surface area contributed by atoms with Crippen LogP contribution in [-0.2, 0) is 30.8 Å². The molecular formula is C36H41FN8O7S. The molecule has 53 heavy (non-hydrogen) atoms. The molecule has 1 aromatic carbocycles. The highest BCUT2D eigenvalue weighted by Gasteiger charge is 2.62. The molecule has 15 nitrogen and oxygen atoms in total. The summed E-state index contributed by atoms with van der Waals surface area (Å²) in [6, 6.07) is 3.28. The number of benzene rings is 1. The van der Waals surface area contributed by atoms with Crippen LogP contribution in [0.5, 0.6) is 5.88 Å². The van der Waals surface area contributed by atoms with Gasteiger partial charge in [-0.05, 0) is 63.1 Å². The number of allylic oxidation sites excluding steroid dienone is 1. The molecule has 3 fully saturated rings. The maximum absolute atomic E-state index is 14.5. The van der Waals surface area contributed by atoms with Gasteiger partial charge in [0.05, 0.1) is 22.8 Å². The van der Waals surface area contributed by atoms with Crippen molar-refractivity contribution in [1.82, 2.24) is 40.2 Å². The van der Waals surface area contributed by atoms with Gasteiger partial charge in [-0.3, -0.25) is 23.9 Å². The van der Waals surface area contributed by atoms with Gasteiger partial charge in [0.1, 0.15) is 47.3 Å². The van der Waals surface area contributed by atoms with Gasteiger partial charge in [0.25, 0.3) is 11.8 Å². The second kappa shape index (κ2) is 14.8. The molecule has 4 amide bonds. The number of aromatic nitrogens is 4. The molecule has 1 saturated heterocycles. The Kier molecular flexibility index (Phi) is 10.1. The maximum Gasteiger partial charge on any atom is 0.270 e. The van der Waals surface area contributed by atoms with Crippen LogP contribution in [0, 0.1) is 11.7 Å². The Hall–Kier alpha value is -5.06. The molecule has 17 heteroatoms. The van der Waals surface area contributed by atoms with E-state index in [2.05, 4.69) is 35.3 Å². The first-order valence-corrected chi connectivity index (χ1v) is 19.6. The summed E-state index contributed by atoms with van der Waals surface area (Å²) in [6.07, 6.45) is 10.2. The van der Waals surface area contributed by atoms with Gasteiger partial charge in [0.15, 0.2) is 0 Å². The third-order valence-electron chi connectivity index (χ3n) is 10.2. The first-order chi connectivity index (χ1) is 25.5. The van der Waals surface area contributed by atoms with Crippen molar-refractivity contribution in [1.29, 1.82) is 0 Å². The van der Waals surface area contributed by atoms with Gasteiger partial charge in [-0.25, -0.2) is 32.7 Å². The van der Waals surface area contributed by atoms with Crippen molar-refractivity contribution in [2.24, 2.45) is 5.92 Å². The first-order valence-electron chi connectivity index (χ1n) is 18.0. The third kappa shape index (κ3) is 7.84. The fraction of sp³-hybridized carbons (Fsp3) is 0.500. The number of fused-ring (bicyclic) bond motifs is 3. The molecule has 280 valence electrons. The van der Waals surface area contributed by atoms with E-state index in [0.29, 0.717) is 43.3 Å². The zero-order valence-corrected chi connectivity index (χ0v) is 30.0. The fourth-order valence-electron chi connectivity index (χ4n) is 7.03. The molecule has 5 atom stereocenters. The molecular weight excluding hydrogens is 708 g/mol. The van der Waals surface area contributed by atoms with Crippen LogP contribution in [0.4, 0.5) is 4.39 Å². The Bertz CT molecular complexity index is 2060. The lowest BCUT2D eigenvalue weighted by Crippen LogP contribution is -2.58. The van der Waals surface area contributed by atoms with E-state index in [0.717, 1.165) is 12.8 Å². The number of sulfonamides is 1. The Morgan fingerprint density at radius 2 is 1.92 bits per heavy atom. The highest BCUT2D eigenvalue weighted by molar-refractivity contribution is 7.91. The van der Waals surface area contributed by atoms with Crippen LogP contribution in [0.3, 0.4) is 0 Å². The molecule has 0 bridgehead atoms. The van der Waals surface area contributed by atoms with Gasteiger partial charge in [-0.1, -0.05) is 31.9 Å². The topological polar surface area (TPSA) is 203 Å². The Morgan fingerprint density at radius 1 is 1.09 bits per heavy atom. The summed E-state index contributed by atoms with van der Waals surface area (Å²) in [5, 5.41) is 4.99. The Balaban J connectivity index is 1.20. The minimum Gasteiger partial charge on any atom is -0.471 e. The number of rotatable bonds is 8. The van der Waals surface area contributed by atoms with E-state index in [-0.39, 0.29) is 42.9 Å². The minimum atomic E-state index is -3.91. The van der Waals surface area contributed by atoms with Crippen LogP contribution in [-0.4, -0.2) is 92.4 Å². The lowest BCUT2D eigenvalue weighted by atomic mass is 10.0. The van der Waals surface area contributed by atoms with E-state index in [9.17, 15) is 32.0 Å². The summed E-state index contributed by atoms with van der Waals surface area (Å²) in [5.74, 6) is -3.42. The smallest absolute Gasteiger partial charge is 0.270 e. The minimum absolute atomic E-state index is 0.0191. The van der Waals surface area contributed by atoms with Crippen molar-refractivity contribution in [3.63, 3.8) is 0 Å². The Labute approximate surface area is 305 Å². The number of ether oxygens (including phenoxy) is 1. The van der Waals surface area contributed by atoms with Gasteiger partial charge in [-0.2, -0.15) is 0 Å². The summed E-state index contributed by atoms with van der Waals surface area (Å²) in [7, 11) is -3.91. The monoisotopic (exact) mass is 748 g/mol. The molecule has 7 rings (SSSR count). The van der Waals surface area contributed by atoms with Gasteiger partial charge < -0.3 is 20.3 Å². The van der Waals surface area contributed by atoms with E-state index in [1.165, 1.54) is 41.7 Å². The summed E-state index contributed by atoms with van der Waals surface area (Å²) in [5.41, 5.74) is -0.217. The van der Waals surface area contributed by atoms with Crippen LogP contribution in [0.25, 0.3) is 11.0 Å². The van der Waals surface area contributed by atoms with Gasteiger partial charge >= 0.3 is 0 Å². The molecule has 0 spiro atoms. The molecule has 2 aromatic heterocycles. The van der Waals surface area contributed by atoms with Crippen molar-refractivity contribution in [2.75, 3.05) is 6.54 Å². The summed E-state index contributed by atoms with van der Waals surface area (Å²) < 4.78 is 48.2. The number of carbonyl (C=O) groups is 4. The van der Waals surface area contributed by atoms with Crippen LogP contribution in [0.2, 0.25) is 0 Å². The molecule has 2 aliphatic carbocycles. The van der Waals surface area contributed by atoms with Crippen molar-refractivity contribution in [3.05, 3.63) is 66.1 Å². The largest absolute Gasteiger partial charge is 0.471 e. The van der Waals surface area contributed by atoms with E-state index in [1.807, 2.05) is 19.1 Å². The molecule has 4 aliphatic rings. The van der Waals surface area contributed by atoms with Crippen LogP contribution in [0.1, 0.15) is 80.9 Å². The molecule has 5 unspecified atom stereocenters. The van der Waals surface area contributed by atoms with Crippen molar-refractivity contribution in [2.45, 2.75) is 100 Å². The SMILES string of the molecule is CCc1nc2ccc(F)cc2nc1OC1CC2C(=O)NC3(C(=O)NS(=O)(=O)C4CC4)CC3/C=C\CCCCCC(NC(=O)c3ccncn3)C(=O)N2C1. The van der Waals surface area contributed by atoms with Crippen LogP contribution in [0.15, 0.2) is 48.9 Å². The van der Waals surface area contributed by atoms with Crippen LogP contribution < -0.4 is 20.1 Å². The molecule has 2 saturated carbocycles. The average Bonchev–Trinajstić information content (AvgIpc) is 4.07. The Morgan fingerprint density at radius 3 is 2.68 bits per heavy atom. The fourth-order valence-corrected chi connectivity index (χ4v) is 8.40. The normalized spacial score (nSPS) is 27.0. The number of nitrogens with one attached hydrogen (secondary N) is 3. The van der Waals surface area contributed by atoms with Crippen molar-refractivity contribution < 1.29 is 36.7 Å². The lowest BCUT2D eigenvalue weighted by molar-refractivity contribution is -0.141. The van der Waals surface area contributed by atoms with Crippen molar-refractivity contribution in [3.8, 4) is 5.88 Å². The van der Waals surface area contributed by atoms with E-state index >= 15 is 0 Å². The number of hydrogen-bond acceptors (Lipinski definition) is 11. The number of halogens is 1. The number of amides is 4. The summed E-state index contributed by atoms with van der Waals surface area (Å²) in [4.78, 5) is 74.1. The zero-order chi connectivity index (χ0) is 37.3. The van der Waals surface area contributed by atoms with E-state index in [4.69, 9.17) is 4.74 Å². The maximum atomic E-state index is 14.5. The molecule has 2 aliphatic heterocycles. The van der Waals surface area contributed by atoms with Gasteiger partial charge in [0, 0.05) is 24.6 Å². The summed E-state index contributed by atoms with van der Waals surface area (Å²) >= 11 is 0. The first kappa shape index (κ1) is 36.3. The summed E-state index contributed by atoms with van der Waals surface area (Å²) in [6.45, 7) is 1.78. The predicted molar refractivity (Wildman–Crippen MR) is 188 cm³/mol.